The first-order valence-electron chi connectivity index (χ1n) is 5.73. The zero-order chi connectivity index (χ0) is 11.4. The SMILES string of the molecule is NC(=O)CN1C(=O)[C@@H]2[C@@H]3CC[C@H](C3)[C@H]2C1=O. The van der Waals surface area contributed by atoms with Gasteiger partial charge >= 0.3 is 0 Å². The van der Waals surface area contributed by atoms with Gasteiger partial charge in [-0.05, 0) is 31.1 Å². The number of rotatable bonds is 2. The van der Waals surface area contributed by atoms with Crippen LogP contribution in [0.2, 0.25) is 0 Å². The third-order valence-corrected chi connectivity index (χ3v) is 4.33. The van der Waals surface area contributed by atoms with E-state index in [-0.39, 0.29) is 30.2 Å². The Morgan fingerprint density at radius 3 is 2.12 bits per heavy atom. The number of carbonyl (C=O) groups is 3. The van der Waals surface area contributed by atoms with Gasteiger partial charge in [0.05, 0.1) is 11.8 Å². The van der Waals surface area contributed by atoms with Crippen molar-refractivity contribution in [3.05, 3.63) is 0 Å². The van der Waals surface area contributed by atoms with E-state index in [9.17, 15) is 14.4 Å². The lowest BCUT2D eigenvalue weighted by Crippen LogP contribution is -2.39. The highest BCUT2D eigenvalue weighted by molar-refractivity contribution is 6.08. The fourth-order valence-electron chi connectivity index (χ4n) is 3.78. The van der Waals surface area contributed by atoms with Gasteiger partial charge in [-0.25, -0.2) is 0 Å². The van der Waals surface area contributed by atoms with Crippen LogP contribution in [0.4, 0.5) is 0 Å². The molecule has 0 aromatic heterocycles. The number of nitrogens with two attached hydrogens (primary N) is 1. The Morgan fingerprint density at radius 1 is 1.19 bits per heavy atom. The fraction of sp³-hybridized carbons (Fsp3) is 0.727. The lowest BCUT2D eigenvalue weighted by atomic mass is 9.81. The third-order valence-electron chi connectivity index (χ3n) is 4.33. The van der Waals surface area contributed by atoms with Gasteiger partial charge in [-0.2, -0.15) is 0 Å². The normalized spacial score (nSPS) is 40.6. The van der Waals surface area contributed by atoms with Crippen molar-refractivity contribution in [2.24, 2.45) is 29.4 Å². The summed E-state index contributed by atoms with van der Waals surface area (Å²) in [5.74, 6) is -0.513. The summed E-state index contributed by atoms with van der Waals surface area (Å²) in [5, 5.41) is 0. The van der Waals surface area contributed by atoms with Crippen molar-refractivity contribution in [2.45, 2.75) is 19.3 Å². The molecule has 2 saturated carbocycles. The monoisotopic (exact) mass is 222 g/mol. The molecule has 3 amide bonds. The zero-order valence-electron chi connectivity index (χ0n) is 8.89. The highest BCUT2D eigenvalue weighted by atomic mass is 16.2. The van der Waals surface area contributed by atoms with Crippen LogP contribution in [0.5, 0.6) is 0 Å². The molecule has 3 fully saturated rings. The summed E-state index contributed by atoms with van der Waals surface area (Å²) in [6.45, 7) is -0.246. The third kappa shape index (κ3) is 1.08. The van der Waals surface area contributed by atoms with Crippen molar-refractivity contribution in [3.63, 3.8) is 0 Å². The Kier molecular flexibility index (Phi) is 1.87. The van der Waals surface area contributed by atoms with E-state index in [1.54, 1.807) is 0 Å². The number of primary amides is 1. The zero-order valence-corrected chi connectivity index (χ0v) is 8.89. The van der Waals surface area contributed by atoms with Gasteiger partial charge in [-0.15, -0.1) is 0 Å². The van der Waals surface area contributed by atoms with Gasteiger partial charge in [0.1, 0.15) is 6.54 Å². The minimum absolute atomic E-state index is 0.148. The smallest absolute Gasteiger partial charge is 0.237 e. The van der Waals surface area contributed by atoms with E-state index in [0.717, 1.165) is 24.2 Å². The van der Waals surface area contributed by atoms with Crippen LogP contribution in [0, 0.1) is 23.7 Å². The number of hydrogen-bond donors (Lipinski definition) is 1. The van der Waals surface area contributed by atoms with Gasteiger partial charge < -0.3 is 5.73 Å². The predicted octanol–water partition coefficient (Wildman–Crippen LogP) is -0.497. The van der Waals surface area contributed by atoms with E-state index in [1.807, 2.05) is 0 Å². The Morgan fingerprint density at radius 2 is 1.69 bits per heavy atom. The Balaban J connectivity index is 1.89. The Labute approximate surface area is 93.0 Å². The van der Waals surface area contributed by atoms with Crippen LogP contribution in [0.15, 0.2) is 0 Å². The summed E-state index contributed by atoms with van der Waals surface area (Å²) >= 11 is 0. The second-order valence-electron chi connectivity index (χ2n) is 5.11. The molecule has 86 valence electrons. The predicted molar refractivity (Wildman–Crippen MR) is 53.7 cm³/mol. The van der Waals surface area contributed by atoms with Crippen LogP contribution < -0.4 is 5.73 Å². The van der Waals surface area contributed by atoms with Crippen molar-refractivity contribution >= 4 is 17.7 Å². The highest BCUT2D eigenvalue weighted by Gasteiger charge is 2.60. The van der Waals surface area contributed by atoms with Gasteiger partial charge in [0.2, 0.25) is 17.7 Å². The summed E-state index contributed by atoms with van der Waals surface area (Å²) in [5.41, 5.74) is 5.05. The summed E-state index contributed by atoms with van der Waals surface area (Å²) in [6.07, 6.45) is 3.11. The summed E-state index contributed by atoms with van der Waals surface area (Å²) in [4.78, 5) is 35.9. The number of hydrogen-bond acceptors (Lipinski definition) is 3. The molecule has 2 aliphatic carbocycles. The van der Waals surface area contributed by atoms with Crippen LogP contribution in [-0.4, -0.2) is 29.2 Å². The largest absolute Gasteiger partial charge is 0.368 e. The molecule has 0 aromatic rings. The quantitative estimate of drug-likeness (QED) is 0.640. The molecule has 16 heavy (non-hydrogen) atoms. The average molecular weight is 222 g/mol. The van der Waals surface area contributed by atoms with Gasteiger partial charge in [0.25, 0.3) is 0 Å². The molecule has 0 unspecified atom stereocenters. The maximum Gasteiger partial charge on any atom is 0.237 e. The van der Waals surface area contributed by atoms with Crippen LogP contribution in [-0.2, 0) is 14.4 Å². The summed E-state index contributed by atoms with van der Waals surface area (Å²) in [6, 6.07) is 0. The first kappa shape index (κ1) is 9.81. The van der Waals surface area contributed by atoms with E-state index < -0.39 is 5.91 Å². The molecule has 4 atom stereocenters. The number of amides is 3. The Bertz CT molecular complexity index is 365. The molecular weight excluding hydrogens is 208 g/mol. The first-order valence-corrected chi connectivity index (χ1v) is 5.73. The summed E-state index contributed by atoms with van der Waals surface area (Å²) < 4.78 is 0. The van der Waals surface area contributed by atoms with E-state index >= 15 is 0 Å². The lowest BCUT2D eigenvalue weighted by molar-refractivity contribution is -0.143. The van der Waals surface area contributed by atoms with Crippen LogP contribution in [0.3, 0.4) is 0 Å². The maximum atomic E-state index is 12.0. The Hall–Kier alpha value is -1.39. The van der Waals surface area contributed by atoms with E-state index in [2.05, 4.69) is 0 Å². The molecular formula is C11H14N2O3. The molecule has 2 N–H and O–H groups in total. The molecule has 0 aromatic carbocycles. The molecule has 0 spiro atoms. The van der Waals surface area contributed by atoms with Crippen LogP contribution in [0.1, 0.15) is 19.3 Å². The van der Waals surface area contributed by atoms with E-state index in [0.29, 0.717) is 11.8 Å². The van der Waals surface area contributed by atoms with E-state index in [4.69, 9.17) is 5.73 Å². The van der Waals surface area contributed by atoms with Gasteiger partial charge in [0.15, 0.2) is 0 Å². The molecule has 1 aliphatic heterocycles. The maximum absolute atomic E-state index is 12.0. The number of imide groups is 1. The highest BCUT2D eigenvalue weighted by Crippen LogP contribution is 2.55. The minimum Gasteiger partial charge on any atom is -0.368 e. The number of fused-ring (bicyclic) bond motifs is 5. The van der Waals surface area contributed by atoms with Crippen molar-refractivity contribution in [2.75, 3.05) is 6.54 Å². The van der Waals surface area contributed by atoms with E-state index in [1.165, 1.54) is 0 Å². The molecule has 3 aliphatic rings. The number of carbonyl (C=O) groups excluding carboxylic acids is 3. The molecule has 2 bridgehead atoms. The molecule has 3 rings (SSSR count). The average Bonchev–Trinajstić information content (AvgIpc) is 2.87. The first-order chi connectivity index (χ1) is 7.59. The second-order valence-corrected chi connectivity index (χ2v) is 5.11. The van der Waals surface area contributed by atoms with Gasteiger partial charge in [0, 0.05) is 0 Å². The van der Waals surface area contributed by atoms with Crippen molar-refractivity contribution in [3.8, 4) is 0 Å². The fourth-order valence-corrected chi connectivity index (χ4v) is 3.78. The van der Waals surface area contributed by atoms with Gasteiger partial charge in [-0.1, -0.05) is 0 Å². The number of nitrogens with zero attached hydrogens (tertiary/aromatic N) is 1. The van der Waals surface area contributed by atoms with Crippen LogP contribution in [0.25, 0.3) is 0 Å². The standard InChI is InChI=1S/C11H14N2O3/c12-7(14)4-13-10(15)8-5-1-2-6(3-5)9(8)11(13)16/h5-6,8-9H,1-4H2,(H2,12,14)/t5-,6-,8-,9-/m1/s1. The van der Waals surface area contributed by atoms with Crippen molar-refractivity contribution in [1.82, 2.24) is 4.90 Å². The van der Waals surface area contributed by atoms with Crippen molar-refractivity contribution in [1.29, 1.82) is 0 Å². The topological polar surface area (TPSA) is 80.5 Å². The second kappa shape index (κ2) is 3.06. The number of likely N-dealkylation sites (tertiary alicyclic amines) is 1. The molecule has 5 nitrogen and oxygen atoms in total. The minimum atomic E-state index is -0.617. The molecule has 1 saturated heterocycles. The van der Waals surface area contributed by atoms with Crippen molar-refractivity contribution < 1.29 is 14.4 Å². The molecule has 1 heterocycles. The molecule has 5 heteroatoms. The van der Waals surface area contributed by atoms with Crippen LogP contribution >= 0.6 is 0 Å². The molecule has 0 radical (unpaired) electrons. The lowest BCUT2D eigenvalue weighted by Gasteiger charge is -2.19. The van der Waals surface area contributed by atoms with Gasteiger partial charge in [-0.3, -0.25) is 19.3 Å². The summed E-state index contributed by atoms with van der Waals surface area (Å²) in [7, 11) is 0.